The highest BCUT2D eigenvalue weighted by atomic mass is 16.5. The van der Waals surface area contributed by atoms with Crippen LogP contribution in [0, 0.1) is 12.3 Å². The van der Waals surface area contributed by atoms with Gasteiger partial charge in [-0.1, -0.05) is 50.2 Å². The number of rotatable bonds is 6. The number of carbonyl (C=O) groups excluding carboxylic acids is 2. The van der Waals surface area contributed by atoms with E-state index in [-0.39, 0.29) is 5.91 Å². The number of hydrogen-bond donors (Lipinski definition) is 3. The van der Waals surface area contributed by atoms with Gasteiger partial charge in [-0.15, -0.1) is 0 Å². The van der Waals surface area contributed by atoms with E-state index in [0.29, 0.717) is 18.3 Å². The van der Waals surface area contributed by atoms with Crippen LogP contribution in [0.25, 0.3) is 11.4 Å². The fourth-order valence-electron chi connectivity index (χ4n) is 2.35. The summed E-state index contributed by atoms with van der Waals surface area (Å²) < 4.78 is 9.55. The third-order valence-electron chi connectivity index (χ3n) is 3.82. The monoisotopic (exact) mass is 375 g/mol. The first-order valence-electron chi connectivity index (χ1n) is 8.47. The number of aromatic nitrogens is 2. The molecule has 0 fully saturated rings. The molecule has 0 spiro atoms. The molecule has 0 aliphatic heterocycles. The van der Waals surface area contributed by atoms with Gasteiger partial charge in [0.25, 0.3) is 5.91 Å². The lowest BCUT2D eigenvalue weighted by molar-refractivity contribution is -0.126. The predicted octanol–water partition coefficient (Wildman–Crippen LogP) is 1.94. The molecule has 27 heavy (non-hydrogen) atoms. The highest BCUT2D eigenvalue weighted by molar-refractivity contribution is 5.86. The van der Waals surface area contributed by atoms with Crippen LogP contribution in [0.5, 0.6) is 0 Å². The first kappa shape index (κ1) is 20.4. The van der Waals surface area contributed by atoms with Gasteiger partial charge in [0.1, 0.15) is 6.04 Å². The Balaban J connectivity index is 1.90. The van der Waals surface area contributed by atoms with Crippen molar-refractivity contribution < 1.29 is 18.8 Å². The quantitative estimate of drug-likeness (QED) is 0.660. The van der Waals surface area contributed by atoms with Gasteiger partial charge < -0.3 is 14.6 Å². The van der Waals surface area contributed by atoms with E-state index in [1.54, 1.807) is 6.92 Å². The zero-order valence-corrected chi connectivity index (χ0v) is 16.1. The summed E-state index contributed by atoms with van der Waals surface area (Å²) in [6.07, 6.45) is -0.655. The summed E-state index contributed by atoms with van der Waals surface area (Å²) in [7, 11) is 1.25. The molecule has 0 aliphatic carbocycles. The highest BCUT2D eigenvalue weighted by Gasteiger charge is 2.33. The van der Waals surface area contributed by atoms with Crippen molar-refractivity contribution in [2.24, 2.45) is 5.41 Å². The number of hydrogen-bond acceptors (Lipinski definition) is 7. The molecule has 1 atom stereocenters. The van der Waals surface area contributed by atoms with Gasteiger partial charge in [-0.25, -0.2) is 10.2 Å². The van der Waals surface area contributed by atoms with Gasteiger partial charge in [-0.3, -0.25) is 10.2 Å². The maximum Gasteiger partial charge on any atom is 0.407 e. The SMILES string of the molecule is COC(=O)N[C@H](C(=O)NNCc1ccc(-c2noc(C)n2)cc1)C(C)(C)C. The van der Waals surface area contributed by atoms with Crippen LogP contribution in [0.2, 0.25) is 0 Å². The molecule has 2 aromatic rings. The Hall–Kier alpha value is -2.94. The molecule has 3 N–H and O–H groups in total. The summed E-state index contributed by atoms with van der Waals surface area (Å²) in [5, 5.41) is 6.42. The molecule has 2 rings (SSSR count). The first-order chi connectivity index (χ1) is 12.7. The Morgan fingerprint density at radius 3 is 2.41 bits per heavy atom. The van der Waals surface area contributed by atoms with E-state index >= 15 is 0 Å². The summed E-state index contributed by atoms with van der Waals surface area (Å²) in [4.78, 5) is 28.0. The molecular weight excluding hydrogens is 350 g/mol. The van der Waals surface area contributed by atoms with E-state index in [1.807, 2.05) is 45.0 Å². The van der Waals surface area contributed by atoms with Crippen molar-refractivity contribution >= 4 is 12.0 Å². The van der Waals surface area contributed by atoms with Crippen LogP contribution in [-0.2, 0) is 16.1 Å². The average molecular weight is 375 g/mol. The van der Waals surface area contributed by atoms with Crippen LogP contribution < -0.4 is 16.2 Å². The second-order valence-corrected chi connectivity index (χ2v) is 7.11. The summed E-state index contributed by atoms with van der Waals surface area (Å²) in [6.45, 7) is 7.70. The molecule has 9 heteroatoms. The van der Waals surface area contributed by atoms with E-state index < -0.39 is 17.6 Å². The summed E-state index contributed by atoms with van der Waals surface area (Å²) in [5.41, 5.74) is 6.80. The number of amides is 2. The lowest BCUT2D eigenvalue weighted by Gasteiger charge is -2.29. The van der Waals surface area contributed by atoms with E-state index in [2.05, 4.69) is 31.0 Å². The lowest BCUT2D eigenvalue weighted by Crippen LogP contribution is -2.56. The molecule has 146 valence electrons. The second-order valence-electron chi connectivity index (χ2n) is 7.11. The minimum atomic E-state index is -0.749. The molecule has 0 saturated heterocycles. The number of hydrazine groups is 1. The van der Waals surface area contributed by atoms with Gasteiger partial charge >= 0.3 is 6.09 Å². The number of methoxy groups -OCH3 is 1. The Morgan fingerprint density at radius 1 is 1.22 bits per heavy atom. The van der Waals surface area contributed by atoms with E-state index in [1.165, 1.54) is 7.11 Å². The Bertz CT molecular complexity index is 780. The number of benzene rings is 1. The Morgan fingerprint density at radius 2 is 1.89 bits per heavy atom. The van der Waals surface area contributed by atoms with Crippen LogP contribution in [0.15, 0.2) is 28.8 Å². The number of ether oxygens (including phenoxy) is 1. The van der Waals surface area contributed by atoms with E-state index in [0.717, 1.165) is 11.1 Å². The molecule has 1 aromatic carbocycles. The molecule has 1 heterocycles. The maximum absolute atomic E-state index is 12.4. The zero-order valence-electron chi connectivity index (χ0n) is 16.1. The second kappa shape index (κ2) is 8.63. The van der Waals surface area contributed by atoms with Crippen molar-refractivity contribution in [1.82, 2.24) is 26.3 Å². The van der Waals surface area contributed by atoms with Crippen molar-refractivity contribution in [2.75, 3.05) is 7.11 Å². The normalized spacial score (nSPS) is 12.3. The average Bonchev–Trinajstić information content (AvgIpc) is 3.05. The third kappa shape index (κ3) is 5.78. The summed E-state index contributed by atoms with van der Waals surface area (Å²) in [5.74, 6) is 0.682. The lowest BCUT2D eigenvalue weighted by atomic mass is 9.86. The van der Waals surface area contributed by atoms with Crippen LogP contribution in [-0.4, -0.2) is 35.3 Å². The topological polar surface area (TPSA) is 118 Å². The molecule has 0 radical (unpaired) electrons. The number of aryl methyl sites for hydroxylation is 1. The molecule has 9 nitrogen and oxygen atoms in total. The maximum atomic E-state index is 12.4. The van der Waals surface area contributed by atoms with Crippen molar-refractivity contribution in [1.29, 1.82) is 0 Å². The molecule has 0 saturated carbocycles. The molecule has 0 bridgehead atoms. The largest absolute Gasteiger partial charge is 0.453 e. The van der Waals surface area contributed by atoms with Gasteiger partial charge in [-0.05, 0) is 11.0 Å². The predicted molar refractivity (Wildman–Crippen MR) is 98.2 cm³/mol. The minimum absolute atomic E-state index is 0.355. The number of carbonyl (C=O) groups is 2. The zero-order chi connectivity index (χ0) is 20.0. The van der Waals surface area contributed by atoms with Crippen molar-refractivity contribution in [3.63, 3.8) is 0 Å². The van der Waals surface area contributed by atoms with E-state index in [4.69, 9.17) is 4.52 Å². The van der Waals surface area contributed by atoms with Crippen molar-refractivity contribution in [3.8, 4) is 11.4 Å². The highest BCUT2D eigenvalue weighted by Crippen LogP contribution is 2.19. The number of nitrogens with one attached hydrogen (secondary N) is 3. The number of nitrogens with zero attached hydrogens (tertiary/aromatic N) is 2. The first-order valence-corrected chi connectivity index (χ1v) is 8.47. The standard InChI is InChI=1S/C18H25N5O4/c1-11-20-15(23-27-11)13-8-6-12(7-9-13)10-19-22-16(24)14(18(2,3)4)21-17(25)26-5/h6-9,14,19H,10H2,1-5H3,(H,21,25)(H,22,24)/t14-/m1/s1. The van der Waals surface area contributed by atoms with Gasteiger partial charge in [0, 0.05) is 19.0 Å². The van der Waals surface area contributed by atoms with Crippen LogP contribution >= 0.6 is 0 Å². The van der Waals surface area contributed by atoms with Crippen molar-refractivity contribution in [2.45, 2.75) is 40.3 Å². The van der Waals surface area contributed by atoms with Crippen LogP contribution in [0.3, 0.4) is 0 Å². The molecule has 0 aliphatic rings. The fourth-order valence-corrected chi connectivity index (χ4v) is 2.35. The fraction of sp³-hybridized carbons (Fsp3) is 0.444. The van der Waals surface area contributed by atoms with Gasteiger partial charge in [-0.2, -0.15) is 4.98 Å². The smallest absolute Gasteiger partial charge is 0.407 e. The van der Waals surface area contributed by atoms with Crippen LogP contribution in [0.4, 0.5) is 4.79 Å². The minimum Gasteiger partial charge on any atom is -0.453 e. The third-order valence-corrected chi connectivity index (χ3v) is 3.82. The molecule has 0 unspecified atom stereocenters. The van der Waals surface area contributed by atoms with E-state index in [9.17, 15) is 9.59 Å². The summed E-state index contributed by atoms with van der Waals surface area (Å²) in [6, 6.07) is 6.79. The molecule has 2 amide bonds. The molecular formula is C18H25N5O4. The van der Waals surface area contributed by atoms with Gasteiger partial charge in [0.15, 0.2) is 0 Å². The van der Waals surface area contributed by atoms with Gasteiger partial charge in [0.05, 0.1) is 7.11 Å². The molecule has 1 aromatic heterocycles. The summed E-state index contributed by atoms with van der Waals surface area (Å²) >= 11 is 0. The van der Waals surface area contributed by atoms with Crippen molar-refractivity contribution in [3.05, 3.63) is 35.7 Å². The van der Waals surface area contributed by atoms with Crippen LogP contribution in [0.1, 0.15) is 32.2 Å². The number of alkyl carbamates (subject to hydrolysis) is 1. The van der Waals surface area contributed by atoms with Gasteiger partial charge in [0.2, 0.25) is 11.7 Å². The Labute approximate surface area is 157 Å². The Kier molecular flexibility index (Phi) is 6.51.